The molecule has 5 atom stereocenters. The van der Waals surface area contributed by atoms with Gasteiger partial charge in [0.15, 0.2) is 22.9 Å². The fourth-order valence-electron chi connectivity index (χ4n) is 5.31. The summed E-state index contributed by atoms with van der Waals surface area (Å²) in [7, 11) is 4.54. The topological polar surface area (TPSA) is 83.5 Å². The second-order valence-corrected chi connectivity index (χ2v) is 7.67. The van der Waals surface area contributed by atoms with Crippen molar-refractivity contribution in [2.45, 2.75) is 36.6 Å². The minimum atomic E-state index is -1.50. The van der Waals surface area contributed by atoms with Crippen molar-refractivity contribution in [1.82, 2.24) is 0 Å². The minimum Gasteiger partial charge on any atom is -0.493 e. The highest BCUT2D eigenvalue weighted by atomic mass is 16.7. The van der Waals surface area contributed by atoms with Gasteiger partial charge in [-0.15, -0.1) is 6.58 Å². The Hall–Kier alpha value is -2.35. The summed E-state index contributed by atoms with van der Waals surface area (Å²) in [6.45, 7) is 5.80. The molecule has 2 aliphatic carbocycles. The van der Waals surface area contributed by atoms with Gasteiger partial charge in [0.1, 0.15) is 11.7 Å². The number of carbonyl (C=O) groups is 1. The van der Waals surface area contributed by atoms with E-state index in [9.17, 15) is 9.90 Å². The average molecular weight is 402 g/mol. The van der Waals surface area contributed by atoms with Crippen LogP contribution >= 0.6 is 0 Å². The van der Waals surface area contributed by atoms with Crippen LogP contribution in [0.15, 0.2) is 36.4 Å². The molecule has 156 valence electrons. The first kappa shape index (κ1) is 19.9. The highest BCUT2D eigenvalue weighted by Gasteiger charge is 2.72. The molecule has 0 amide bonds. The number of hydrogen-bond donors (Lipinski definition) is 1. The summed E-state index contributed by atoms with van der Waals surface area (Å²) in [5.41, 5.74) is -1.30. The molecule has 1 fully saturated rings. The largest absolute Gasteiger partial charge is 0.493 e. The van der Waals surface area contributed by atoms with Gasteiger partial charge in [0.05, 0.1) is 7.11 Å². The van der Waals surface area contributed by atoms with Crippen LogP contribution in [0, 0.1) is 5.92 Å². The van der Waals surface area contributed by atoms with Gasteiger partial charge in [-0.1, -0.05) is 13.0 Å². The van der Waals surface area contributed by atoms with Gasteiger partial charge in [-0.2, -0.15) is 0 Å². The fraction of sp³-hybridized carbons (Fsp3) is 0.500. The number of aliphatic hydroxyl groups is 1. The lowest BCUT2D eigenvalue weighted by Gasteiger charge is -2.41. The number of ketones is 1. The Kier molecular flexibility index (Phi) is 4.72. The molecule has 1 heterocycles. The molecule has 29 heavy (non-hydrogen) atoms. The van der Waals surface area contributed by atoms with Gasteiger partial charge < -0.3 is 28.8 Å². The Bertz CT molecular complexity index is 891. The quantitative estimate of drug-likeness (QED) is 0.732. The van der Waals surface area contributed by atoms with E-state index in [1.54, 1.807) is 26.4 Å². The van der Waals surface area contributed by atoms with Crippen molar-refractivity contribution in [2.75, 3.05) is 28.1 Å². The SMILES string of the molecule is C=CCC1=C[C@@]2(OC)C(O)[C@](OC)(C1=O)[C@@H](c1cc(OC)c3c(c1)OCO3)[C@@H]2C. The summed E-state index contributed by atoms with van der Waals surface area (Å²) in [5.74, 6) is 0.520. The zero-order valence-corrected chi connectivity index (χ0v) is 17.1. The van der Waals surface area contributed by atoms with Crippen molar-refractivity contribution < 1.29 is 33.6 Å². The Morgan fingerprint density at radius 3 is 2.66 bits per heavy atom. The highest BCUT2D eigenvalue weighted by molar-refractivity contribution is 6.06. The molecule has 0 spiro atoms. The number of benzene rings is 1. The van der Waals surface area contributed by atoms with Crippen molar-refractivity contribution >= 4 is 5.78 Å². The van der Waals surface area contributed by atoms with E-state index in [0.29, 0.717) is 29.2 Å². The summed E-state index contributed by atoms with van der Waals surface area (Å²) in [4.78, 5) is 13.6. The van der Waals surface area contributed by atoms with Crippen molar-refractivity contribution in [3.8, 4) is 17.2 Å². The summed E-state index contributed by atoms with van der Waals surface area (Å²) >= 11 is 0. The average Bonchev–Trinajstić information content (AvgIpc) is 3.25. The Morgan fingerprint density at radius 1 is 1.28 bits per heavy atom. The number of carbonyl (C=O) groups excluding carboxylic acids is 1. The summed E-state index contributed by atoms with van der Waals surface area (Å²) in [6, 6.07) is 3.64. The van der Waals surface area contributed by atoms with E-state index in [0.717, 1.165) is 5.56 Å². The third-order valence-electron chi connectivity index (χ3n) is 6.65. The number of methoxy groups -OCH3 is 3. The number of hydrogen-bond acceptors (Lipinski definition) is 7. The molecule has 7 heteroatoms. The molecule has 1 aromatic rings. The van der Waals surface area contributed by atoms with Crippen LogP contribution < -0.4 is 14.2 Å². The molecule has 0 aromatic heterocycles. The van der Waals surface area contributed by atoms with Crippen LogP contribution in [0.1, 0.15) is 24.8 Å². The fourth-order valence-corrected chi connectivity index (χ4v) is 5.31. The van der Waals surface area contributed by atoms with E-state index in [1.807, 2.05) is 19.1 Å². The molecule has 4 rings (SSSR count). The van der Waals surface area contributed by atoms with Crippen molar-refractivity contribution in [1.29, 1.82) is 0 Å². The maximum absolute atomic E-state index is 13.6. The molecule has 7 nitrogen and oxygen atoms in total. The lowest BCUT2D eigenvalue weighted by Crippen LogP contribution is -2.60. The van der Waals surface area contributed by atoms with Crippen molar-refractivity contribution in [3.63, 3.8) is 0 Å². The number of allylic oxidation sites excluding steroid dienone is 1. The number of ether oxygens (including phenoxy) is 5. The van der Waals surface area contributed by atoms with Crippen LogP contribution in [0.5, 0.6) is 17.2 Å². The van der Waals surface area contributed by atoms with Gasteiger partial charge >= 0.3 is 0 Å². The first-order chi connectivity index (χ1) is 13.9. The normalized spacial score (nSPS) is 34.9. The van der Waals surface area contributed by atoms with Gasteiger partial charge in [0.2, 0.25) is 12.5 Å². The third-order valence-corrected chi connectivity index (χ3v) is 6.65. The van der Waals surface area contributed by atoms with E-state index in [4.69, 9.17) is 23.7 Å². The van der Waals surface area contributed by atoms with Gasteiger partial charge in [-0.3, -0.25) is 4.79 Å². The molecule has 1 aliphatic heterocycles. The van der Waals surface area contributed by atoms with Gasteiger partial charge in [0, 0.05) is 31.6 Å². The van der Waals surface area contributed by atoms with Crippen LogP contribution in [0.25, 0.3) is 0 Å². The highest BCUT2D eigenvalue weighted by Crippen LogP contribution is 2.61. The molecule has 0 radical (unpaired) electrons. The second kappa shape index (κ2) is 6.86. The smallest absolute Gasteiger partial charge is 0.231 e. The molecule has 1 saturated carbocycles. The predicted octanol–water partition coefficient (Wildman–Crippen LogP) is 2.37. The number of rotatable bonds is 6. The lowest BCUT2D eigenvalue weighted by atomic mass is 9.74. The molecule has 3 aliphatic rings. The van der Waals surface area contributed by atoms with Crippen LogP contribution in [0.3, 0.4) is 0 Å². The van der Waals surface area contributed by atoms with Crippen LogP contribution in [-0.4, -0.2) is 56.3 Å². The van der Waals surface area contributed by atoms with Crippen LogP contribution in [0.2, 0.25) is 0 Å². The third kappa shape index (κ3) is 2.38. The maximum atomic E-state index is 13.6. The summed E-state index contributed by atoms with van der Waals surface area (Å²) < 4.78 is 28.3. The molecule has 2 bridgehead atoms. The second-order valence-electron chi connectivity index (χ2n) is 7.67. The molecule has 1 N–H and O–H groups in total. The standard InChI is InChI=1S/C22H26O7/c1-6-7-13-10-21(26-4)12(2)17(22(27-5,19(13)23)20(21)24)14-8-15(25-3)18-16(9-14)28-11-29-18/h6,8-10,12,17,20,24H,1,7,11H2,2-5H3/t12-,17+,20?,21-,22+/m0/s1. The van der Waals surface area contributed by atoms with Gasteiger partial charge in [0.25, 0.3) is 0 Å². The Labute approximate surface area is 169 Å². The first-order valence-electron chi connectivity index (χ1n) is 9.54. The minimum absolute atomic E-state index is 0.0966. The molecular formula is C22H26O7. The Morgan fingerprint density at radius 2 is 2.03 bits per heavy atom. The number of Topliss-reactive ketones (excluding diaryl/α,β-unsaturated/α-hetero) is 1. The summed E-state index contributed by atoms with van der Waals surface area (Å²) in [6.07, 6.45) is 2.60. The lowest BCUT2D eigenvalue weighted by molar-refractivity contribution is -0.169. The van der Waals surface area contributed by atoms with E-state index in [1.165, 1.54) is 7.11 Å². The number of fused-ring (bicyclic) bond motifs is 3. The van der Waals surface area contributed by atoms with E-state index >= 15 is 0 Å². The maximum Gasteiger partial charge on any atom is 0.231 e. The predicted molar refractivity (Wildman–Crippen MR) is 104 cm³/mol. The monoisotopic (exact) mass is 402 g/mol. The zero-order chi connectivity index (χ0) is 21.0. The first-order valence-corrected chi connectivity index (χ1v) is 9.54. The molecule has 1 unspecified atom stereocenters. The van der Waals surface area contributed by atoms with E-state index < -0.39 is 23.2 Å². The number of aliphatic hydroxyl groups excluding tert-OH is 1. The van der Waals surface area contributed by atoms with E-state index in [2.05, 4.69) is 6.58 Å². The molecular weight excluding hydrogens is 376 g/mol. The van der Waals surface area contributed by atoms with Crippen molar-refractivity contribution in [3.05, 3.63) is 42.0 Å². The van der Waals surface area contributed by atoms with Crippen LogP contribution in [0.4, 0.5) is 0 Å². The van der Waals surface area contributed by atoms with E-state index in [-0.39, 0.29) is 18.5 Å². The van der Waals surface area contributed by atoms with Gasteiger partial charge in [-0.25, -0.2) is 0 Å². The van der Waals surface area contributed by atoms with Crippen molar-refractivity contribution in [2.24, 2.45) is 5.92 Å². The molecule has 1 aromatic carbocycles. The van der Waals surface area contributed by atoms with Crippen LogP contribution in [-0.2, 0) is 14.3 Å². The zero-order valence-electron chi connectivity index (χ0n) is 17.1. The summed E-state index contributed by atoms with van der Waals surface area (Å²) in [5, 5.41) is 11.4. The Balaban J connectivity index is 1.94. The van der Waals surface area contributed by atoms with Gasteiger partial charge in [-0.05, 0) is 30.2 Å². The molecule has 0 saturated heterocycles.